The number of ether oxygens (including phenoxy) is 2. The van der Waals surface area contributed by atoms with E-state index in [1.54, 1.807) is 37.3 Å². The molecule has 0 saturated carbocycles. The molecule has 114 valence electrons. The van der Waals surface area contributed by atoms with Crippen LogP contribution in [0, 0.1) is 0 Å². The SMILES string of the molecule is C/C=C(\CC)C(OC(=O)Nc1ccc(Cl)cc1)C(=O)OC. The maximum Gasteiger partial charge on any atom is 0.412 e. The van der Waals surface area contributed by atoms with E-state index >= 15 is 0 Å². The Bertz CT molecular complexity index is 525. The molecule has 0 aliphatic heterocycles. The second kappa shape index (κ2) is 8.32. The second-order valence-electron chi connectivity index (χ2n) is 4.16. The molecule has 0 spiro atoms. The van der Waals surface area contributed by atoms with Gasteiger partial charge in [0, 0.05) is 10.7 Å². The lowest BCUT2D eigenvalue weighted by Crippen LogP contribution is -2.32. The molecule has 0 aromatic heterocycles. The van der Waals surface area contributed by atoms with Crippen molar-refractivity contribution in [1.82, 2.24) is 0 Å². The Balaban J connectivity index is 2.76. The van der Waals surface area contributed by atoms with Crippen LogP contribution >= 0.6 is 11.6 Å². The molecule has 1 atom stereocenters. The van der Waals surface area contributed by atoms with Crippen molar-refractivity contribution < 1.29 is 19.1 Å². The third-order valence-corrected chi connectivity index (χ3v) is 3.10. The number of methoxy groups -OCH3 is 1. The van der Waals surface area contributed by atoms with Gasteiger partial charge in [-0.25, -0.2) is 9.59 Å². The van der Waals surface area contributed by atoms with Gasteiger partial charge in [-0.15, -0.1) is 0 Å². The van der Waals surface area contributed by atoms with Crippen LogP contribution in [0.2, 0.25) is 5.02 Å². The number of nitrogens with one attached hydrogen (secondary N) is 1. The molecule has 0 saturated heterocycles. The van der Waals surface area contributed by atoms with Crippen molar-refractivity contribution >= 4 is 29.4 Å². The molecule has 0 fully saturated rings. The Kier molecular flexibility index (Phi) is 6.75. The number of benzene rings is 1. The summed E-state index contributed by atoms with van der Waals surface area (Å²) in [6.07, 6.45) is 0.527. The number of hydrogen-bond donors (Lipinski definition) is 1. The van der Waals surface area contributed by atoms with Crippen LogP contribution in [0.1, 0.15) is 20.3 Å². The zero-order valence-electron chi connectivity index (χ0n) is 12.2. The van der Waals surface area contributed by atoms with Crippen LogP contribution < -0.4 is 5.32 Å². The van der Waals surface area contributed by atoms with Crippen LogP contribution in [0.4, 0.5) is 10.5 Å². The summed E-state index contributed by atoms with van der Waals surface area (Å²) in [5, 5.41) is 3.09. The highest BCUT2D eigenvalue weighted by Gasteiger charge is 2.26. The Morgan fingerprint density at radius 1 is 1.33 bits per heavy atom. The minimum absolute atomic E-state index is 0.520. The van der Waals surface area contributed by atoms with E-state index in [0.29, 0.717) is 22.7 Å². The van der Waals surface area contributed by atoms with Gasteiger partial charge in [-0.05, 0) is 43.2 Å². The molecule has 5 nitrogen and oxygen atoms in total. The van der Waals surface area contributed by atoms with Gasteiger partial charge in [0.2, 0.25) is 6.10 Å². The number of amides is 1. The number of halogens is 1. The van der Waals surface area contributed by atoms with Gasteiger partial charge in [0.1, 0.15) is 0 Å². The van der Waals surface area contributed by atoms with E-state index < -0.39 is 18.2 Å². The minimum Gasteiger partial charge on any atom is -0.466 e. The van der Waals surface area contributed by atoms with Crippen LogP contribution in [0.3, 0.4) is 0 Å². The fraction of sp³-hybridized carbons (Fsp3) is 0.333. The Hall–Kier alpha value is -2.01. The van der Waals surface area contributed by atoms with Crippen molar-refractivity contribution in [2.75, 3.05) is 12.4 Å². The molecule has 0 aliphatic carbocycles. The van der Waals surface area contributed by atoms with Crippen LogP contribution in [-0.4, -0.2) is 25.3 Å². The molecule has 1 N–H and O–H groups in total. The summed E-state index contributed by atoms with van der Waals surface area (Å²) >= 11 is 5.76. The summed E-state index contributed by atoms with van der Waals surface area (Å²) in [4.78, 5) is 23.6. The molecule has 0 bridgehead atoms. The number of rotatable bonds is 5. The number of esters is 1. The molecular formula is C15H18ClNO4. The lowest BCUT2D eigenvalue weighted by atomic mass is 10.1. The highest BCUT2D eigenvalue weighted by atomic mass is 35.5. The molecule has 0 aliphatic rings. The second-order valence-corrected chi connectivity index (χ2v) is 4.59. The average Bonchev–Trinajstić information content (AvgIpc) is 2.49. The Labute approximate surface area is 128 Å². The summed E-state index contributed by atoms with van der Waals surface area (Å²) in [7, 11) is 1.25. The molecule has 1 rings (SSSR count). The van der Waals surface area contributed by atoms with Gasteiger partial charge in [0.15, 0.2) is 0 Å². The summed E-state index contributed by atoms with van der Waals surface area (Å²) in [5.74, 6) is -0.615. The first-order chi connectivity index (χ1) is 10.0. The van der Waals surface area contributed by atoms with E-state index in [4.69, 9.17) is 16.3 Å². The first-order valence-corrected chi connectivity index (χ1v) is 6.85. The minimum atomic E-state index is -1.04. The van der Waals surface area contributed by atoms with Crippen LogP contribution in [0.5, 0.6) is 0 Å². The molecule has 1 unspecified atom stereocenters. The monoisotopic (exact) mass is 311 g/mol. The van der Waals surface area contributed by atoms with E-state index in [-0.39, 0.29) is 0 Å². The molecule has 1 amide bonds. The quantitative estimate of drug-likeness (QED) is 0.664. The van der Waals surface area contributed by atoms with Crippen molar-refractivity contribution in [2.24, 2.45) is 0 Å². The van der Waals surface area contributed by atoms with E-state index in [1.807, 2.05) is 6.92 Å². The summed E-state index contributed by atoms with van der Waals surface area (Å²) in [5.41, 5.74) is 1.19. The highest BCUT2D eigenvalue weighted by Crippen LogP contribution is 2.16. The maximum absolute atomic E-state index is 11.9. The van der Waals surface area contributed by atoms with Gasteiger partial charge in [0.05, 0.1) is 7.11 Å². The molecule has 0 heterocycles. The predicted molar refractivity (Wildman–Crippen MR) is 81.4 cm³/mol. The Morgan fingerprint density at radius 2 is 1.95 bits per heavy atom. The topological polar surface area (TPSA) is 64.6 Å². The van der Waals surface area contributed by atoms with Crippen molar-refractivity contribution in [3.63, 3.8) is 0 Å². The Morgan fingerprint density at radius 3 is 2.43 bits per heavy atom. The largest absolute Gasteiger partial charge is 0.466 e. The van der Waals surface area contributed by atoms with Gasteiger partial charge >= 0.3 is 12.1 Å². The van der Waals surface area contributed by atoms with E-state index in [0.717, 1.165) is 0 Å². The first kappa shape index (κ1) is 17.0. The van der Waals surface area contributed by atoms with Crippen molar-refractivity contribution in [2.45, 2.75) is 26.4 Å². The fourth-order valence-corrected chi connectivity index (χ4v) is 1.84. The molecular weight excluding hydrogens is 294 g/mol. The van der Waals surface area contributed by atoms with Crippen molar-refractivity contribution in [3.05, 3.63) is 40.9 Å². The summed E-state index contributed by atoms with van der Waals surface area (Å²) in [6, 6.07) is 6.54. The lowest BCUT2D eigenvalue weighted by molar-refractivity contribution is -0.148. The van der Waals surface area contributed by atoms with Crippen molar-refractivity contribution in [3.8, 4) is 0 Å². The first-order valence-electron chi connectivity index (χ1n) is 6.47. The summed E-state index contributed by atoms with van der Waals surface area (Å²) < 4.78 is 9.82. The van der Waals surface area contributed by atoms with Gasteiger partial charge in [-0.2, -0.15) is 0 Å². The van der Waals surface area contributed by atoms with Gasteiger partial charge in [-0.3, -0.25) is 5.32 Å². The number of hydrogen-bond acceptors (Lipinski definition) is 4. The zero-order chi connectivity index (χ0) is 15.8. The molecule has 21 heavy (non-hydrogen) atoms. The smallest absolute Gasteiger partial charge is 0.412 e. The van der Waals surface area contributed by atoms with E-state index in [2.05, 4.69) is 10.1 Å². The van der Waals surface area contributed by atoms with Crippen LogP contribution in [-0.2, 0) is 14.3 Å². The third kappa shape index (κ3) is 5.11. The number of anilines is 1. The van der Waals surface area contributed by atoms with Crippen LogP contribution in [0.25, 0.3) is 0 Å². The molecule has 1 aromatic carbocycles. The molecule has 0 radical (unpaired) electrons. The van der Waals surface area contributed by atoms with E-state index in [9.17, 15) is 9.59 Å². The van der Waals surface area contributed by atoms with Gasteiger partial charge in [-0.1, -0.05) is 24.6 Å². The maximum atomic E-state index is 11.9. The normalized spacial score (nSPS) is 12.5. The van der Waals surface area contributed by atoms with Gasteiger partial charge < -0.3 is 9.47 Å². The zero-order valence-corrected chi connectivity index (χ0v) is 12.9. The number of allylic oxidation sites excluding steroid dienone is 1. The number of carbonyl (C=O) groups is 2. The summed E-state index contributed by atoms with van der Waals surface area (Å²) in [6.45, 7) is 3.64. The lowest BCUT2D eigenvalue weighted by Gasteiger charge is -2.18. The molecule has 1 aromatic rings. The highest BCUT2D eigenvalue weighted by molar-refractivity contribution is 6.30. The van der Waals surface area contributed by atoms with E-state index in [1.165, 1.54) is 7.11 Å². The average molecular weight is 312 g/mol. The van der Waals surface area contributed by atoms with Gasteiger partial charge in [0.25, 0.3) is 0 Å². The number of carbonyl (C=O) groups excluding carboxylic acids is 2. The fourth-order valence-electron chi connectivity index (χ4n) is 1.71. The van der Waals surface area contributed by atoms with Crippen molar-refractivity contribution in [1.29, 1.82) is 0 Å². The predicted octanol–water partition coefficient (Wildman–Crippen LogP) is 3.79. The molecule has 6 heteroatoms. The third-order valence-electron chi connectivity index (χ3n) is 2.85. The standard InChI is InChI=1S/C15H18ClNO4/c1-4-10(5-2)13(14(18)20-3)21-15(19)17-12-8-6-11(16)7-9-12/h4,6-9,13H,5H2,1-3H3,(H,17,19)/b10-4+. The van der Waals surface area contributed by atoms with Crippen LogP contribution in [0.15, 0.2) is 35.9 Å².